The standard InChI is InChI=1S/C9H10N2O2S/c1-3-9-7(5-10)4-8(6-11-9)14(2,12)13/h4,6H,3H2,1-2H3. The van der Waals surface area contributed by atoms with E-state index in [1.807, 2.05) is 13.0 Å². The third-order valence-corrected chi connectivity index (χ3v) is 2.91. The van der Waals surface area contributed by atoms with Crippen molar-refractivity contribution < 1.29 is 8.42 Å². The molecule has 1 aromatic rings. The highest BCUT2D eigenvalue weighted by atomic mass is 32.2. The van der Waals surface area contributed by atoms with Gasteiger partial charge in [-0.3, -0.25) is 4.98 Å². The van der Waals surface area contributed by atoms with Gasteiger partial charge in [-0.2, -0.15) is 5.26 Å². The number of hydrogen-bond donors (Lipinski definition) is 0. The molecule has 0 aromatic carbocycles. The molecular weight excluding hydrogens is 200 g/mol. The van der Waals surface area contributed by atoms with Crippen LogP contribution in [-0.4, -0.2) is 19.7 Å². The van der Waals surface area contributed by atoms with E-state index >= 15 is 0 Å². The van der Waals surface area contributed by atoms with Crippen molar-refractivity contribution in [2.24, 2.45) is 0 Å². The summed E-state index contributed by atoms with van der Waals surface area (Å²) in [6.45, 7) is 1.86. The maximum atomic E-state index is 11.2. The number of sulfone groups is 1. The highest BCUT2D eigenvalue weighted by Crippen LogP contribution is 2.12. The Kier molecular flexibility index (Phi) is 2.87. The fourth-order valence-corrected chi connectivity index (χ4v) is 1.63. The van der Waals surface area contributed by atoms with Crippen LogP contribution in [0, 0.1) is 11.3 Å². The summed E-state index contributed by atoms with van der Waals surface area (Å²) in [6.07, 6.45) is 3.00. The monoisotopic (exact) mass is 210 g/mol. The summed E-state index contributed by atoms with van der Waals surface area (Å²) in [6, 6.07) is 3.29. The second-order valence-corrected chi connectivity index (χ2v) is 4.92. The van der Waals surface area contributed by atoms with Gasteiger partial charge in [0, 0.05) is 12.5 Å². The molecule has 0 radical (unpaired) electrons. The first-order chi connectivity index (χ1) is 6.49. The van der Waals surface area contributed by atoms with Crippen LogP contribution in [0.1, 0.15) is 18.2 Å². The molecule has 0 unspecified atom stereocenters. The maximum absolute atomic E-state index is 11.2. The molecule has 14 heavy (non-hydrogen) atoms. The van der Waals surface area contributed by atoms with Gasteiger partial charge >= 0.3 is 0 Å². The largest absolute Gasteiger partial charge is 0.259 e. The van der Waals surface area contributed by atoms with E-state index in [0.717, 1.165) is 6.26 Å². The van der Waals surface area contributed by atoms with Gasteiger partial charge in [-0.25, -0.2) is 8.42 Å². The normalized spacial score (nSPS) is 10.9. The van der Waals surface area contributed by atoms with Gasteiger partial charge in [0.2, 0.25) is 0 Å². The zero-order chi connectivity index (χ0) is 10.8. The van der Waals surface area contributed by atoms with Gasteiger partial charge < -0.3 is 0 Å². The molecule has 0 saturated carbocycles. The molecule has 0 bridgehead atoms. The topological polar surface area (TPSA) is 70.8 Å². The summed E-state index contributed by atoms with van der Waals surface area (Å²) in [5.41, 5.74) is 0.954. The van der Waals surface area contributed by atoms with Gasteiger partial charge in [0.15, 0.2) is 9.84 Å². The zero-order valence-electron chi connectivity index (χ0n) is 7.98. The van der Waals surface area contributed by atoms with Crippen LogP contribution < -0.4 is 0 Å². The molecule has 0 aliphatic heterocycles. The predicted molar refractivity (Wildman–Crippen MR) is 51.4 cm³/mol. The number of hydrogen-bond acceptors (Lipinski definition) is 4. The van der Waals surface area contributed by atoms with E-state index in [9.17, 15) is 8.42 Å². The summed E-state index contributed by atoms with van der Waals surface area (Å²) in [7, 11) is -3.27. The number of pyridine rings is 1. The van der Waals surface area contributed by atoms with Crippen molar-refractivity contribution in [1.82, 2.24) is 4.98 Å². The van der Waals surface area contributed by atoms with Crippen molar-refractivity contribution in [3.63, 3.8) is 0 Å². The van der Waals surface area contributed by atoms with Crippen LogP contribution in [0.3, 0.4) is 0 Å². The molecule has 0 aliphatic carbocycles. The molecule has 0 spiro atoms. The Bertz CT molecular complexity index is 486. The van der Waals surface area contributed by atoms with E-state index in [4.69, 9.17) is 5.26 Å². The number of aromatic nitrogens is 1. The zero-order valence-corrected chi connectivity index (χ0v) is 8.80. The SMILES string of the molecule is CCc1ncc(S(C)(=O)=O)cc1C#N. The minimum atomic E-state index is -3.27. The molecule has 0 fully saturated rings. The summed E-state index contributed by atoms with van der Waals surface area (Å²) in [5.74, 6) is 0. The molecular formula is C9H10N2O2S. The van der Waals surface area contributed by atoms with E-state index in [1.165, 1.54) is 12.3 Å². The van der Waals surface area contributed by atoms with Gasteiger partial charge in [0.25, 0.3) is 0 Å². The van der Waals surface area contributed by atoms with Crippen LogP contribution in [-0.2, 0) is 16.3 Å². The van der Waals surface area contributed by atoms with E-state index in [-0.39, 0.29) is 4.90 Å². The van der Waals surface area contributed by atoms with E-state index in [1.54, 1.807) is 0 Å². The average molecular weight is 210 g/mol. The van der Waals surface area contributed by atoms with Crippen LogP contribution in [0.5, 0.6) is 0 Å². The Labute approximate surface area is 83.1 Å². The second kappa shape index (κ2) is 3.76. The fraction of sp³-hybridized carbons (Fsp3) is 0.333. The third-order valence-electron chi connectivity index (χ3n) is 1.83. The molecule has 0 N–H and O–H groups in total. The number of rotatable bonds is 2. The Hall–Kier alpha value is -1.41. The third kappa shape index (κ3) is 2.09. The predicted octanol–water partition coefficient (Wildman–Crippen LogP) is 0.919. The Morgan fingerprint density at radius 3 is 2.64 bits per heavy atom. The molecule has 1 heterocycles. The summed E-state index contributed by atoms with van der Waals surface area (Å²) >= 11 is 0. The van der Waals surface area contributed by atoms with Gasteiger partial charge in [0.1, 0.15) is 6.07 Å². The molecule has 1 rings (SSSR count). The minimum absolute atomic E-state index is 0.0891. The Morgan fingerprint density at radius 2 is 2.21 bits per heavy atom. The van der Waals surface area contributed by atoms with Crippen molar-refractivity contribution >= 4 is 9.84 Å². The van der Waals surface area contributed by atoms with Crippen molar-refractivity contribution in [1.29, 1.82) is 5.26 Å². The van der Waals surface area contributed by atoms with Crippen LogP contribution in [0.25, 0.3) is 0 Å². The summed E-state index contributed by atoms with van der Waals surface area (Å²) in [4.78, 5) is 4.02. The molecule has 0 saturated heterocycles. The first-order valence-corrected chi connectivity index (χ1v) is 5.97. The quantitative estimate of drug-likeness (QED) is 0.727. The molecule has 0 atom stereocenters. The number of aryl methyl sites for hydroxylation is 1. The lowest BCUT2D eigenvalue weighted by molar-refractivity contribution is 0.601. The van der Waals surface area contributed by atoms with Crippen LogP contribution >= 0.6 is 0 Å². The fourth-order valence-electron chi connectivity index (χ4n) is 1.06. The van der Waals surface area contributed by atoms with Gasteiger partial charge in [-0.05, 0) is 12.5 Å². The first kappa shape index (κ1) is 10.7. The Morgan fingerprint density at radius 1 is 1.57 bits per heavy atom. The first-order valence-electron chi connectivity index (χ1n) is 4.08. The highest BCUT2D eigenvalue weighted by molar-refractivity contribution is 7.90. The Balaban J connectivity index is 3.38. The molecule has 0 aliphatic rings. The maximum Gasteiger partial charge on any atom is 0.177 e. The van der Waals surface area contributed by atoms with Gasteiger partial charge in [-0.1, -0.05) is 6.92 Å². The lowest BCUT2D eigenvalue weighted by Gasteiger charge is -2.01. The van der Waals surface area contributed by atoms with Crippen LogP contribution in [0.15, 0.2) is 17.2 Å². The molecule has 74 valence electrons. The van der Waals surface area contributed by atoms with Crippen molar-refractivity contribution in [2.45, 2.75) is 18.2 Å². The average Bonchev–Trinajstić information content (AvgIpc) is 2.15. The highest BCUT2D eigenvalue weighted by Gasteiger charge is 2.10. The lowest BCUT2D eigenvalue weighted by atomic mass is 10.2. The summed E-state index contributed by atoms with van der Waals surface area (Å²) < 4.78 is 22.3. The minimum Gasteiger partial charge on any atom is -0.259 e. The van der Waals surface area contributed by atoms with Gasteiger partial charge in [0.05, 0.1) is 16.2 Å². The smallest absolute Gasteiger partial charge is 0.177 e. The number of nitrogens with zero attached hydrogens (tertiary/aromatic N) is 2. The van der Waals surface area contributed by atoms with Crippen molar-refractivity contribution in [3.8, 4) is 6.07 Å². The number of nitriles is 1. The van der Waals surface area contributed by atoms with Gasteiger partial charge in [-0.15, -0.1) is 0 Å². The lowest BCUT2D eigenvalue weighted by Crippen LogP contribution is -2.01. The molecule has 1 aromatic heterocycles. The molecule has 4 nitrogen and oxygen atoms in total. The van der Waals surface area contributed by atoms with E-state index in [2.05, 4.69) is 4.98 Å². The van der Waals surface area contributed by atoms with Crippen molar-refractivity contribution in [2.75, 3.05) is 6.26 Å². The van der Waals surface area contributed by atoms with E-state index in [0.29, 0.717) is 17.7 Å². The van der Waals surface area contributed by atoms with E-state index < -0.39 is 9.84 Å². The molecule has 0 amide bonds. The van der Waals surface area contributed by atoms with Crippen LogP contribution in [0.2, 0.25) is 0 Å². The summed E-state index contributed by atoms with van der Waals surface area (Å²) in [5, 5.41) is 8.75. The van der Waals surface area contributed by atoms with Crippen molar-refractivity contribution in [3.05, 3.63) is 23.5 Å². The van der Waals surface area contributed by atoms with Crippen LogP contribution in [0.4, 0.5) is 0 Å². The molecule has 5 heteroatoms. The second-order valence-electron chi connectivity index (χ2n) is 2.90.